The molecule has 0 heterocycles. The average molecular weight is 238 g/mol. The molecule has 4 nitrogen and oxygen atoms in total. The number of likely N-dealkylation sites (N-methyl/N-ethyl adjacent to an activating group) is 1. The van der Waals surface area contributed by atoms with Gasteiger partial charge in [-0.2, -0.15) is 0 Å². The second-order valence-electron chi connectivity index (χ2n) is 3.77. The Hall–Kier alpha value is -1.26. The van der Waals surface area contributed by atoms with E-state index in [1.165, 1.54) is 0 Å². The van der Waals surface area contributed by atoms with Gasteiger partial charge in [-0.1, -0.05) is 6.07 Å². The number of nitrogens with zero attached hydrogens (tertiary/aromatic N) is 1. The van der Waals surface area contributed by atoms with Gasteiger partial charge >= 0.3 is 0 Å². The molecule has 1 aromatic rings. The van der Waals surface area contributed by atoms with Crippen LogP contribution in [0.2, 0.25) is 0 Å². The minimum atomic E-state index is 0.531. The third-order valence-corrected chi connectivity index (χ3v) is 2.80. The maximum atomic E-state index is 5.76. The highest BCUT2D eigenvalue weighted by molar-refractivity contribution is 5.57. The Labute approximate surface area is 103 Å². The zero-order chi connectivity index (χ0) is 12.7. The number of anilines is 1. The molecule has 0 aliphatic rings. The van der Waals surface area contributed by atoms with Crippen LogP contribution in [0, 0.1) is 0 Å². The molecule has 0 radical (unpaired) electrons. The number of nitrogens with two attached hydrogens (primary N) is 1. The molecule has 0 aliphatic carbocycles. The normalized spacial score (nSPS) is 10.4. The van der Waals surface area contributed by atoms with Crippen LogP contribution in [0.15, 0.2) is 18.2 Å². The molecule has 0 atom stereocenters. The zero-order valence-corrected chi connectivity index (χ0v) is 10.9. The third kappa shape index (κ3) is 3.61. The molecule has 4 heteroatoms. The second kappa shape index (κ2) is 7.14. The molecule has 0 aliphatic heterocycles. The van der Waals surface area contributed by atoms with E-state index in [-0.39, 0.29) is 0 Å². The van der Waals surface area contributed by atoms with Crippen molar-refractivity contribution in [1.29, 1.82) is 0 Å². The maximum Gasteiger partial charge on any atom is 0.120 e. The Bertz CT molecular complexity index is 342. The van der Waals surface area contributed by atoms with Gasteiger partial charge in [-0.3, -0.25) is 0 Å². The Morgan fingerprint density at radius 1 is 1.29 bits per heavy atom. The first-order valence-electron chi connectivity index (χ1n) is 5.87. The topological polar surface area (TPSA) is 47.7 Å². The van der Waals surface area contributed by atoms with Crippen molar-refractivity contribution in [2.75, 3.05) is 38.8 Å². The lowest BCUT2D eigenvalue weighted by molar-refractivity contribution is 0.205. The maximum absolute atomic E-state index is 5.76. The van der Waals surface area contributed by atoms with Gasteiger partial charge in [0.25, 0.3) is 0 Å². The average Bonchev–Trinajstić information content (AvgIpc) is 2.39. The monoisotopic (exact) mass is 238 g/mol. The van der Waals surface area contributed by atoms with Crippen LogP contribution in [0.25, 0.3) is 0 Å². The van der Waals surface area contributed by atoms with Gasteiger partial charge in [0.2, 0.25) is 0 Å². The number of ether oxygens (including phenoxy) is 2. The molecule has 17 heavy (non-hydrogen) atoms. The molecule has 0 saturated heterocycles. The molecule has 1 rings (SSSR count). The van der Waals surface area contributed by atoms with E-state index in [9.17, 15) is 0 Å². The summed E-state index contributed by atoms with van der Waals surface area (Å²) in [5, 5.41) is 0. The summed E-state index contributed by atoms with van der Waals surface area (Å²) in [7, 11) is 3.38. The van der Waals surface area contributed by atoms with E-state index in [1.807, 2.05) is 18.2 Å². The molecular weight excluding hydrogens is 216 g/mol. The summed E-state index contributed by atoms with van der Waals surface area (Å²) in [6.07, 6.45) is 0. The lowest BCUT2D eigenvalue weighted by Crippen LogP contribution is -2.28. The number of methoxy groups -OCH3 is 2. The fourth-order valence-electron chi connectivity index (χ4n) is 1.79. The minimum Gasteiger partial charge on any atom is -0.497 e. The zero-order valence-electron chi connectivity index (χ0n) is 10.9. The summed E-state index contributed by atoms with van der Waals surface area (Å²) in [5.41, 5.74) is 8.02. The van der Waals surface area contributed by atoms with E-state index < -0.39 is 0 Å². The van der Waals surface area contributed by atoms with Gasteiger partial charge in [0.05, 0.1) is 13.7 Å². The molecule has 96 valence electrons. The van der Waals surface area contributed by atoms with Gasteiger partial charge in [0.1, 0.15) is 5.75 Å². The van der Waals surface area contributed by atoms with Crippen LogP contribution in [-0.2, 0) is 11.3 Å². The van der Waals surface area contributed by atoms with E-state index >= 15 is 0 Å². The van der Waals surface area contributed by atoms with E-state index in [0.29, 0.717) is 13.2 Å². The number of hydrogen-bond donors (Lipinski definition) is 1. The molecule has 0 fully saturated rings. The van der Waals surface area contributed by atoms with E-state index in [4.69, 9.17) is 15.2 Å². The largest absolute Gasteiger partial charge is 0.497 e. The van der Waals surface area contributed by atoms with Crippen molar-refractivity contribution in [2.24, 2.45) is 5.73 Å². The van der Waals surface area contributed by atoms with Gasteiger partial charge in [0.15, 0.2) is 0 Å². The smallest absolute Gasteiger partial charge is 0.120 e. The van der Waals surface area contributed by atoms with Crippen LogP contribution in [0.5, 0.6) is 5.75 Å². The van der Waals surface area contributed by atoms with Gasteiger partial charge in [0, 0.05) is 38.5 Å². The summed E-state index contributed by atoms with van der Waals surface area (Å²) in [6, 6.07) is 5.99. The summed E-state index contributed by atoms with van der Waals surface area (Å²) >= 11 is 0. The van der Waals surface area contributed by atoms with E-state index in [1.54, 1.807) is 14.2 Å². The van der Waals surface area contributed by atoms with Crippen LogP contribution in [0.4, 0.5) is 5.69 Å². The van der Waals surface area contributed by atoms with Gasteiger partial charge in [-0.15, -0.1) is 0 Å². The highest BCUT2D eigenvalue weighted by atomic mass is 16.5. The Morgan fingerprint density at radius 3 is 2.59 bits per heavy atom. The van der Waals surface area contributed by atoms with Crippen molar-refractivity contribution in [3.05, 3.63) is 23.8 Å². The standard InChI is InChI=1S/C13H22N2O2/c1-4-15(7-8-16-2)13-9-12(17-3)6-5-11(13)10-14/h5-6,9H,4,7-8,10,14H2,1-3H3. The second-order valence-corrected chi connectivity index (χ2v) is 3.77. The van der Waals surface area contributed by atoms with E-state index in [2.05, 4.69) is 11.8 Å². The molecule has 2 N–H and O–H groups in total. The van der Waals surface area contributed by atoms with Gasteiger partial charge < -0.3 is 20.1 Å². The highest BCUT2D eigenvalue weighted by Crippen LogP contribution is 2.25. The Morgan fingerprint density at radius 2 is 2.06 bits per heavy atom. The third-order valence-electron chi connectivity index (χ3n) is 2.80. The first-order valence-corrected chi connectivity index (χ1v) is 5.87. The van der Waals surface area contributed by atoms with Crippen molar-refractivity contribution >= 4 is 5.69 Å². The molecule has 0 amide bonds. The predicted octanol–water partition coefficient (Wildman–Crippen LogP) is 1.63. The van der Waals surface area contributed by atoms with Crippen LogP contribution in [-0.4, -0.2) is 33.9 Å². The summed E-state index contributed by atoms with van der Waals surface area (Å²) in [6.45, 7) is 5.13. The minimum absolute atomic E-state index is 0.531. The Kier molecular flexibility index (Phi) is 5.80. The van der Waals surface area contributed by atoms with Crippen LogP contribution in [0.1, 0.15) is 12.5 Å². The van der Waals surface area contributed by atoms with Gasteiger partial charge in [-0.25, -0.2) is 0 Å². The number of rotatable bonds is 7. The molecule has 0 aromatic heterocycles. The molecule has 0 unspecified atom stereocenters. The molecule has 0 bridgehead atoms. The van der Waals surface area contributed by atoms with Crippen molar-refractivity contribution < 1.29 is 9.47 Å². The lowest BCUT2D eigenvalue weighted by Gasteiger charge is -2.25. The van der Waals surface area contributed by atoms with Crippen molar-refractivity contribution in [3.63, 3.8) is 0 Å². The fraction of sp³-hybridized carbons (Fsp3) is 0.538. The summed E-state index contributed by atoms with van der Waals surface area (Å²) < 4.78 is 10.4. The molecule has 0 saturated carbocycles. The summed E-state index contributed by atoms with van der Waals surface area (Å²) in [5.74, 6) is 0.855. The SMILES string of the molecule is CCN(CCOC)c1cc(OC)ccc1CN. The fourth-order valence-corrected chi connectivity index (χ4v) is 1.79. The number of hydrogen-bond acceptors (Lipinski definition) is 4. The first kappa shape index (κ1) is 13.8. The van der Waals surface area contributed by atoms with Crippen LogP contribution >= 0.6 is 0 Å². The molecular formula is C13H22N2O2. The van der Waals surface area contributed by atoms with Crippen molar-refractivity contribution in [1.82, 2.24) is 0 Å². The highest BCUT2D eigenvalue weighted by Gasteiger charge is 2.10. The Balaban J connectivity index is 2.97. The van der Waals surface area contributed by atoms with Crippen molar-refractivity contribution in [2.45, 2.75) is 13.5 Å². The van der Waals surface area contributed by atoms with Gasteiger partial charge in [-0.05, 0) is 18.6 Å². The quantitative estimate of drug-likeness (QED) is 0.784. The van der Waals surface area contributed by atoms with Crippen LogP contribution in [0.3, 0.4) is 0 Å². The molecule has 1 aromatic carbocycles. The predicted molar refractivity (Wildman–Crippen MR) is 70.6 cm³/mol. The van der Waals surface area contributed by atoms with E-state index in [0.717, 1.165) is 30.1 Å². The van der Waals surface area contributed by atoms with Crippen molar-refractivity contribution in [3.8, 4) is 5.75 Å². The first-order chi connectivity index (χ1) is 8.26. The number of benzene rings is 1. The molecule has 0 spiro atoms. The van der Waals surface area contributed by atoms with Crippen LogP contribution < -0.4 is 15.4 Å². The summed E-state index contributed by atoms with van der Waals surface area (Å²) in [4.78, 5) is 2.24. The lowest BCUT2D eigenvalue weighted by atomic mass is 10.1.